The molecule has 1 aromatic carbocycles. The lowest BCUT2D eigenvalue weighted by molar-refractivity contribution is 0.0976. The lowest BCUT2D eigenvalue weighted by atomic mass is 10.2. The SMILES string of the molecule is CCN(CC)S(=O)(=O)NC(=O)c1cc(OC)ccc1OC. The van der Waals surface area contributed by atoms with E-state index in [1.165, 1.54) is 26.4 Å². The van der Waals surface area contributed by atoms with Gasteiger partial charge in [-0.3, -0.25) is 4.79 Å². The molecule has 0 aliphatic rings. The van der Waals surface area contributed by atoms with Crippen LogP contribution in [-0.2, 0) is 10.2 Å². The van der Waals surface area contributed by atoms with Crippen molar-refractivity contribution in [2.45, 2.75) is 13.8 Å². The van der Waals surface area contributed by atoms with Crippen molar-refractivity contribution in [2.75, 3.05) is 27.3 Å². The van der Waals surface area contributed by atoms with Crippen molar-refractivity contribution in [2.24, 2.45) is 0 Å². The van der Waals surface area contributed by atoms with Gasteiger partial charge in [-0.05, 0) is 18.2 Å². The topological polar surface area (TPSA) is 84.9 Å². The second-order valence-electron chi connectivity index (χ2n) is 4.09. The molecule has 0 saturated carbocycles. The molecular weight excluding hydrogens is 296 g/mol. The van der Waals surface area contributed by atoms with E-state index in [0.29, 0.717) is 5.75 Å². The molecule has 0 aliphatic heterocycles. The molecule has 0 atom stereocenters. The summed E-state index contributed by atoms with van der Waals surface area (Å²) in [5.74, 6) is -0.0677. The van der Waals surface area contributed by atoms with Gasteiger partial charge in [-0.2, -0.15) is 12.7 Å². The van der Waals surface area contributed by atoms with Gasteiger partial charge in [0.1, 0.15) is 11.5 Å². The predicted octanol–water partition coefficient (Wildman–Crippen LogP) is 1.02. The maximum Gasteiger partial charge on any atom is 0.304 e. The summed E-state index contributed by atoms with van der Waals surface area (Å²) in [4.78, 5) is 12.2. The Hall–Kier alpha value is -1.80. The second kappa shape index (κ2) is 7.28. The second-order valence-corrected chi connectivity index (χ2v) is 5.76. The minimum Gasteiger partial charge on any atom is -0.497 e. The third-order valence-electron chi connectivity index (χ3n) is 2.92. The zero-order valence-electron chi connectivity index (χ0n) is 12.5. The minimum absolute atomic E-state index is 0.0904. The van der Waals surface area contributed by atoms with Crippen LogP contribution in [0.2, 0.25) is 0 Å². The summed E-state index contributed by atoms with van der Waals surface area (Å²) in [6.07, 6.45) is 0. The average Bonchev–Trinajstić information content (AvgIpc) is 2.46. The minimum atomic E-state index is -3.88. The van der Waals surface area contributed by atoms with Crippen molar-refractivity contribution in [1.29, 1.82) is 0 Å². The van der Waals surface area contributed by atoms with Crippen molar-refractivity contribution >= 4 is 16.1 Å². The fourth-order valence-corrected chi connectivity index (χ4v) is 2.94. The monoisotopic (exact) mass is 316 g/mol. The van der Waals surface area contributed by atoms with Gasteiger partial charge in [-0.1, -0.05) is 13.8 Å². The smallest absolute Gasteiger partial charge is 0.304 e. The van der Waals surface area contributed by atoms with Crippen LogP contribution in [0.1, 0.15) is 24.2 Å². The highest BCUT2D eigenvalue weighted by atomic mass is 32.2. The third kappa shape index (κ3) is 4.08. The van der Waals surface area contributed by atoms with Crippen molar-refractivity contribution in [1.82, 2.24) is 9.03 Å². The van der Waals surface area contributed by atoms with Gasteiger partial charge in [0.2, 0.25) is 0 Å². The van der Waals surface area contributed by atoms with E-state index in [4.69, 9.17) is 9.47 Å². The molecule has 1 aromatic rings. The molecule has 1 rings (SSSR count). The molecule has 1 amide bonds. The molecule has 0 saturated heterocycles. The quantitative estimate of drug-likeness (QED) is 0.812. The van der Waals surface area contributed by atoms with E-state index in [1.807, 2.05) is 4.72 Å². The average molecular weight is 316 g/mol. The number of amides is 1. The molecule has 1 N–H and O–H groups in total. The molecule has 7 nitrogen and oxygen atoms in total. The Morgan fingerprint density at radius 1 is 1.19 bits per heavy atom. The molecule has 0 aliphatic carbocycles. The number of methoxy groups -OCH3 is 2. The molecule has 0 unspecified atom stereocenters. The normalized spacial score (nSPS) is 11.3. The van der Waals surface area contributed by atoms with Crippen LogP contribution >= 0.6 is 0 Å². The van der Waals surface area contributed by atoms with E-state index in [0.717, 1.165) is 4.31 Å². The molecule has 0 bridgehead atoms. The van der Waals surface area contributed by atoms with Crippen LogP contribution < -0.4 is 14.2 Å². The summed E-state index contributed by atoms with van der Waals surface area (Å²) in [5.41, 5.74) is 0.0904. The molecule has 0 radical (unpaired) electrons. The molecule has 0 aromatic heterocycles. The van der Waals surface area contributed by atoms with E-state index >= 15 is 0 Å². The van der Waals surface area contributed by atoms with E-state index in [9.17, 15) is 13.2 Å². The van der Waals surface area contributed by atoms with Crippen molar-refractivity contribution in [3.8, 4) is 11.5 Å². The first-order valence-electron chi connectivity index (χ1n) is 6.43. The van der Waals surface area contributed by atoms with Crippen molar-refractivity contribution in [3.63, 3.8) is 0 Å². The Morgan fingerprint density at radius 3 is 2.29 bits per heavy atom. The lowest BCUT2D eigenvalue weighted by Crippen LogP contribution is -2.43. The maximum absolute atomic E-state index is 12.2. The van der Waals surface area contributed by atoms with Gasteiger partial charge in [-0.25, -0.2) is 4.72 Å². The van der Waals surface area contributed by atoms with Crippen LogP contribution in [0.4, 0.5) is 0 Å². The Balaban J connectivity index is 3.09. The van der Waals surface area contributed by atoms with Gasteiger partial charge >= 0.3 is 10.2 Å². The Labute approximate surface area is 125 Å². The molecule has 0 heterocycles. The number of nitrogens with zero attached hydrogens (tertiary/aromatic N) is 1. The fourth-order valence-electron chi connectivity index (χ4n) is 1.79. The standard InChI is InChI=1S/C13H20N2O5S/c1-5-15(6-2)21(17,18)14-13(16)11-9-10(19-3)7-8-12(11)20-4/h7-9H,5-6H2,1-4H3,(H,14,16). The summed E-state index contributed by atoms with van der Waals surface area (Å²) < 4.78 is 37.4. The molecule has 118 valence electrons. The Kier molecular flexibility index (Phi) is 5.98. The number of nitrogens with one attached hydrogen (secondary N) is 1. The number of carbonyl (C=O) groups is 1. The highest BCUT2D eigenvalue weighted by Crippen LogP contribution is 2.24. The van der Waals surface area contributed by atoms with Gasteiger partial charge in [0.05, 0.1) is 19.8 Å². The molecular formula is C13H20N2O5S. The third-order valence-corrected chi connectivity index (χ3v) is 4.56. The van der Waals surface area contributed by atoms with Crippen LogP contribution in [-0.4, -0.2) is 45.9 Å². The predicted molar refractivity (Wildman–Crippen MR) is 78.9 cm³/mol. The number of hydrogen-bond donors (Lipinski definition) is 1. The van der Waals surface area contributed by atoms with E-state index in [2.05, 4.69) is 0 Å². The van der Waals surface area contributed by atoms with Gasteiger partial charge in [0.25, 0.3) is 5.91 Å². The largest absolute Gasteiger partial charge is 0.497 e. The van der Waals surface area contributed by atoms with E-state index < -0.39 is 16.1 Å². The number of carbonyl (C=O) groups excluding carboxylic acids is 1. The first-order valence-corrected chi connectivity index (χ1v) is 7.87. The van der Waals surface area contributed by atoms with Gasteiger partial charge in [-0.15, -0.1) is 0 Å². The summed E-state index contributed by atoms with van der Waals surface area (Å²) >= 11 is 0. The Bertz CT molecular complexity index is 597. The number of ether oxygens (including phenoxy) is 2. The fraction of sp³-hybridized carbons (Fsp3) is 0.462. The molecule has 8 heteroatoms. The van der Waals surface area contributed by atoms with Crippen LogP contribution in [0, 0.1) is 0 Å². The number of benzene rings is 1. The molecule has 0 fully saturated rings. The van der Waals surface area contributed by atoms with Gasteiger partial charge < -0.3 is 9.47 Å². The summed E-state index contributed by atoms with van der Waals surface area (Å²) in [7, 11) is -1.02. The highest BCUT2D eigenvalue weighted by Gasteiger charge is 2.24. The van der Waals surface area contributed by atoms with Crippen molar-refractivity contribution in [3.05, 3.63) is 23.8 Å². The first kappa shape index (κ1) is 17.3. The van der Waals surface area contributed by atoms with Gasteiger partial charge in [0, 0.05) is 13.1 Å². The summed E-state index contributed by atoms with van der Waals surface area (Å²) in [5, 5.41) is 0. The number of hydrogen-bond acceptors (Lipinski definition) is 5. The maximum atomic E-state index is 12.2. The van der Waals surface area contributed by atoms with Crippen molar-refractivity contribution < 1.29 is 22.7 Å². The van der Waals surface area contributed by atoms with Crippen LogP contribution in [0.15, 0.2) is 18.2 Å². The van der Waals surface area contributed by atoms with E-state index in [-0.39, 0.29) is 24.4 Å². The lowest BCUT2D eigenvalue weighted by Gasteiger charge is -2.19. The Morgan fingerprint density at radius 2 is 1.81 bits per heavy atom. The molecule has 21 heavy (non-hydrogen) atoms. The zero-order valence-corrected chi connectivity index (χ0v) is 13.4. The van der Waals surface area contributed by atoms with Crippen LogP contribution in [0.5, 0.6) is 11.5 Å². The zero-order chi connectivity index (χ0) is 16.0. The first-order chi connectivity index (χ1) is 9.89. The van der Waals surface area contributed by atoms with Crippen LogP contribution in [0.25, 0.3) is 0 Å². The summed E-state index contributed by atoms with van der Waals surface area (Å²) in [6.45, 7) is 3.93. The number of rotatable bonds is 7. The summed E-state index contributed by atoms with van der Waals surface area (Å²) in [6, 6.07) is 4.58. The highest BCUT2D eigenvalue weighted by molar-refractivity contribution is 7.87. The van der Waals surface area contributed by atoms with E-state index in [1.54, 1.807) is 19.9 Å². The van der Waals surface area contributed by atoms with Gasteiger partial charge in [0.15, 0.2) is 0 Å². The van der Waals surface area contributed by atoms with Crippen LogP contribution in [0.3, 0.4) is 0 Å². The molecule has 0 spiro atoms.